The highest BCUT2D eigenvalue weighted by atomic mass is 32.2. The lowest BCUT2D eigenvalue weighted by Gasteiger charge is -2.24. The van der Waals surface area contributed by atoms with Crippen LogP contribution in [-0.4, -0.2) is 15.3 Å². The molecular weight excluding hydrogens is 398 g/mol. The fourth-order valence-electron chi connectivity index (χ4n) is 4.44. The van der Waals surface area contributed by atoms with Crippen LogP contribution in [0.25, 0.3) is 22.2 Å². The van der Waals surface area contributed by atoms with Crippen LogP contribution in [0.5, 0.6) is 5.75 Å². The van der Waals surface area contributed by atoms with Crippen LogP contribution in [0.4, 0.5) is 0 Å². The zero-order valence-electron chi connectivity index (χ0n) is 19.2. The van der Waals surface area contributed by atoms with E-state index >= 15 is 0 Å². The second-order valence-corrected chi connectivity index (χ2v) is 11.2. The first-order valence-electron chi connectivity index (χ1n) is 11.8. The van der Waals surface area contributed by atoms with E-state index in [0.29, 0.717) is 11.0 Å². The summed E-state index contributed by atoms with van der Waals surface area (Å²) in [5.41, 5.74) is 4.98. The number of hydrogen-bond acceptors (Lipinski definition) is 3. The van der Waals surface area contributed by atoms with Crippen molar-refractivity contribution in [3.05, 3.63) is 59.7 Å². The van der Waals surface area contributed by atoms with Crippen LogP contribution in [-0.2, 0) is 11.2 Å². The lowest BCUT2D eigenvalue weighted by atomic mass is 9.84. The van der Waals surface area contributed by atoms with Gasteiger partial charge >= 0.3 is 0 Å². The molecule has 1 aromatic heterocycles. The highest BCUT2D eigenvalue weighted by molar-refractivity contribution is 7.99. The molecule has 0 unspecified atom stereocenters. The van der Waals surface area contributed by atoms with Gasteiger partial charge in [-0.15, -0.1) is 0 Å². The Morgan fingerprint density at radius 3 is 2.39 bits per heavy atom. The van der Waals surface area contributed by atoms with Crippen molar-refractivity contribution in [2.75, 3.05) is 0 Å². The molecule has 31 heavy (non-hydrogen) atoms. The van der Waals surface area contributed by atoms with Crippen molar-refractivity contribution in [1.82, 2.24) is 4.98 Å². The summed E-state index contributed by atoms with van der Waals surface area (Å²) in [4.78, 5) is 4.88. The second kappa shape index (κ2) is 9.65. The van der Waals surface area contributed by atoms with Gasteiger partial charge in [0, 0.05) is 27.5 Å². The maximum atomic E-state index is 11.3. The van der Waals surface area contributed by atoms with Crippen LogP contribution in [0.15, 0.2) is 48.5 Å². The molecule has 1 heterocycles. The van der Waals surface area contributed by atoms with E-state index in [-0.39, 0.29) is 5.41 Å². The van der Waals surface area contributed by atoms with Gasteiger partial charge in [0.1, 0.15) is 5.75 Å². The van der Waals surface area contributed by atoms with Gasteiger partial charge in [0.2, 0.25) is 0 Å². The van der Waals surface area contributed by atoms with Crippen LogP contribution in [0, 0.1) is 0 Å². The van der Waals surface area contributed by atoms with Gasteiger partial charge in [-0.2, -0.15) is 11.8 Å². The zero-order chi connectivity index (χ0) is 21.8. The lowest BCUT2D eigenvalue weighted by Crippen LogP contribution is -2.12. The van der Waals surface area contributed by atoms with Crippen LogP contribution in [0.2, 0.25) is 0 Å². The first kappa shape index (κ1) is 22.2. The molecule has 1 saturated carbocycles. The number of phenolic OH excluding ortho intramolecular Hbond substituents is 1. The number of thioether (sulfide) groups is 1. The zero-order valence-corrected chi connectivity index (χ0v) is 20.0. The molecule has 2 nitrogen and oxygen atoms in total. The van der Waals surface area contributed by atoms with E-state index in [1.807, 2.05) is 36.0 Å². The Balaban J connectivity index is 1.67. The van der Waals surface area contributed by atoms with Gasteiger partial charge in [0.05, 0.1) is 11.2 Å². The molecule has 3 aromatic rings. The molecule has 0 atom stereocenters. The topological polar surface area (TPSA) is 33.1 Å². The smallest absolute Gasteiger partial charge is 0.129 e. The number of para-hydroxylation sites is 1. The van der Waals surface area contributed by atoms with E-state index < -0.39 is 0 Å². The van der Waals surface area contributed by atoms with Gasteiger partial charge in [-0.05, 0) is 42.0 Å². The number of hydrogen-bond donors (Lipinski definition) is 1. The average molecular weight is 434 g/mol. The Kier molecular flexibility index (Phi) is 6.91. The minimum Gasteiger partial charge on any atom is -0.507 e. The van der Waals surface area contributed by atoms with Crippen molar-refractivity contribution < 1.29 is 5.11 Å². The maximum absolute atomic E-state index is 11.3. The summed E-state index contributed by atoms with van der Waals surface area (Å²) < 4.78 is 0. The van der Waals surface area contributed by atoms with E-state index in [2.05, 4.69) is 45.0 Å². The number of benzene rings is 2. The Hall–Kier alpha value is -2.00. The highest BCUT2D eigenvalue weighted by Gasteiger charge is 2.21. The average Bonchev–Trinajstić information content (AvgIpc) is 2.72. The number of fused-ring (bicyclic) bond motifs is 1. The predicted molar refractivity (Wildman–Crippen MR) is 135 cm³/mol. The molecule has 3 heteroatoms. The normalized spacial score (nSPS) is 16.2. The molecule has 0 radical (unpaired) electrons. The van der Waals surface area contributed by atoms with E-state index in [1.54, 1.807) is 0 Å². The SMILES string of the molecule is CC(C)(C)c1cc(CSC2CCCCCCC2)c(O)c(-c2ccc3ccccc3n2)c1. The fraction of sp³-hybridized carbons (Fsp3) is 0.464. The first-order valence-corrected chi connectivity index (χ1v) is 12.8. The standard InChI is InChI=1S/C28H35NOS/c1-28(2,3)22-17-21(19-31-23-12-7-5-4-6-8-13-23)27(30)24(18-22)26-16-15-20-11-9-10-14-25(20)29-26/h9-11,14-18,23,30H,4-8,12-13,19H2,1-3H3. The monoisotopic (exact) mass is 433 g/mol. The summed E-state index contributed by atoms with van der Waals surface area (Å²) in [7, 11) is 0. The molecule has 1 aliphatic rings. The molecule has 1 N–H and O–H groups in total. The maximum Gasteiger partial charge on any atom is 0.129 e. The fourth-order valence-corrected chi connectivity index (χ4v) is 5.74. The van der Waals surface area contributed by atoms with Gasteiger partial charge in [-0.25, -0.2) is 4.98 Å². The Bertz CT molecular complexity index is 1030. The van der Waals surface area contributed by atoms with Gasteiger partial charge in [0.15, 0.2) is 0 Å². The summed E-state index contributed by atoms with van der Waals surface area (Å²) in [6, 6.07) is 16.7. The molecule has 0 saturated heterocycles. The van der Waals surface area contributed by atoms with E-state index in [4.69, 9.17) is 4.98 Å². The van der Waals surface area contributed by atoms with Crippen LogP contribution < -0.4 is 0 Å². The number of aromatic hydroxyl groups is 1. The number of aromatic nitrogens is 1. The van der Waals surface area contributed by atoms with E-state index in [0.717, 1.165) is 33.5 Å². The van der Waals surface area contributed by atoms with Crippen LogP contribution in [0.3, 0.4) is 0 Å². The third-order valence-corrected chi connectivity index (χ3v) is 7.88. The van der Waals surface area contributed by atoms with Crippen molar-refractivity contribution in [3.8, 4) is 17.0 Å². The summed E-state index contributed by atoms with van der Waals surface area (Å²) in [5.74, 6) is 1.26. The third kappa shape index (κ3) is 5.44. The second-order valence-electron chi connectivity index (χ2n) is 9.95. The summed E-state index contributed by atoms with van der Waals surface area (Å²) >= 11 is 2.03. The van der Waals surface area contributed by atoms with Crippen molar-refractivity contribution >= 4 is 22.7 Å². The molecule has 164 valence electrons. The summed E-state index contributed by atoms with van der Waals surface area (Å²) in [6.45, 7) is 6.72. The molecule has 0 bridgehead atoms. The molecule has 4 rings (SSSR count). The number of nitrogens with zero attached hydrogens (tertiary/aromatic N) is 1. The van der Waals surface area contributed by atoms with Gasteiger partial charge < -0.3 is 5.11 Å². The quantitative estimate of drug-likeness (QED) is 0.449. The lowest BCUT2D eigenvalue weighted by molar-refractivity contribution is 0.471. The molecule has 0 spiro atoms. The number of pyridine rings is 1. The summed E-state index contributed by atoms with van der Waals surface area (Å²) in [5, 5.41) is 13.1. The molecule has 1 fully saturated rings. The minimum absolute atomic E-state index is 0.0128. The number of rotatable bonds is 4. The Morgan fingerprint density at radius 1 is 0.935 bits per heavy atom. The summed E-state index contributed by atoms with van der Waals surface area (Å²) in [6.07, 6.45) is 9.45. The largest absolute Gasteiger partial charge is 0.507 e. The van der Waals surface area contributed by atoms with Crippen molar-refractivity contribution in [2.45, 2.75) is 82.1 Å². The van der Waals surface area contributed by atoms with Crippen LogP contribution in [0.1, 0.15) is 76.8 Å². The third-order valence-electron chi connectivity index (χ3n) is 6.46. The minimum atomic E-state index is 0.0128. The van der Waals surface area contributed by atoms with E-state index in [1.165, 1.54) is 50.5 Å². The van der Waals surface area contributed by atoms with Crippen molar-refractivity contribution in [2.24, 2.45) is 0 Å². The molecule has 1 aliphatic carbocycles. The number of phenols is 1. The van der Waals surface area contributed by atoms with Gasteiger partial charge in [0.25, 0.3) is 0 Å². The van der Waals surface area contributed by atoms with Gasteiger partial charge in [-0.1, -0.05) is 83.2 Å². The highest BCUT2D eigenvalue weighted by Crippen LogP contribution is 2.40. The van der Waals surface area contributed by atoms with Crippen LogP contribution >= 0.6 is 11.8 Å². The molecule has 2 aromatic carbocycles. The van der Waals surface area contributed by atoms with Crippen molar-refractivity contribution in [1.29, 1.82) is 0 Å². The van der Waals surface area contributed by atoms with E-state index in [9.17, 15) is 5.11 Å². The van der Waals surface area contributed by atoms with Gasteiger partial charge in [-0.3, -0.25) is 0 Å². The first-order chi connectivity index (χ1) is 14.9. The molecular formula is C28H35NOS. The Morgan fingerprint density at radius 2 is 1.65 bits per heavy atom. The predicted octanol–water partition coefficient (Wildman–Crippen LogP) is 8.25. The Labute approximate surface area is 191 Å². The molecule has 0 aliphatic heterocycles. The molecule has 0 amide bonds. The van der Waals surface area contributed by atoms with Crippen molar-refractivity contribution in [3.63, 3.8) is 0 Å².